The average molecular weight is 250 g/mol. The van der Waals surface area contributed by atoms with Crippen LogP contribution in [0.4, 0.5) is 5.82 Å². The SMILES string of the molecule is CC1(C)CN(C(=O)c2ccnc(NN)c2)CCO1. The first-order valence-electron chi connectivity index (χ1n) is 5.88. The number of hydrazine groups is 1. The van der Waals surface area contributed by atoms with Gasteiger partial charge >= 0.3 is 0 Å². The first kappa shape index (κ1) is 12.8. The lowest BCUT2D eigenvalue weighted by atomic mass is 10.1. The van der Waals surface area contributed by atoms with Gasteiger partial charge in [0.15, 0.2) is 0 Å². The largest absolute Gasteiger partial charge is 0.372 e. The second kappa shape index (κ2) is 4.91. The maximum Gasteiger partial charge on any atom is 0.254 e. The van der Waals surface area contributed by atoms with Crippen LogP contribution in [0.5, 0.6) is 0 Å². The topological polar surface area (TPSA) is 80.5 Å². The molecule has 98 valence electrons. The number of nitrogens with zero attached hydrogens (tertiary/aromatic N) is 2. The van der Waals surface area contributed by atoms with Gasteiger partial charge in [-0.2, -0.15) is 0 Å². The van der Waals surface area contributed by atoms with Gasteiger partial charge in [0.25, 0.3) is 5.91 Å². The van der Waals surface area contributed by atoms with Gasteiger partial charge in [-0.25, -0.2) is 10.8 Å². The van der Waals surface area contributed by atoms with Crippen LogP contribution in [-0.4, -0.2) is 41.1 Å². The summed E-state index contributed by atoms with van der Waals surface area (Å²) in [7, 11) is 0. The Bertz CT molecular complexity index is 447. The van der Waals surface area contributed by atoms with Crippen molar-refractivity contribution < 1.29 is 9.53 Å². The summed E-state index contributed by atoms with van der Waals surface area (Å²) >= 11 is 0. The maximum absolute atomic E-state index is 12.3. The highest BCUT2D eigenvalue weighted by Gasteiger charge is 2.30. The molecule has 2 rings (SSSR count). The summed E-state index contributed by atoms with van der Waals surface area (Å²) in [5.41, 5.74) is 2.72. The fourth-order valence-corrected chi connectivity index (χ4v) is 2.01. The molecule has 6 heteroatoms. The number of rotatable bonds is 2. The number of anilines is 1. The van der Waals surface area contributed by atoms with Crippen LogP contribution in [0.1, 0.15) is 24.2 Å². The van der Waals surface area contributed by atoms with Crippen LogP contribution in [0.2, 0.25) is 0 Å². The smallest absolute Gasteiger partial charge is 0.254 e. The summed E-state index contributed by atoms with van der Waals surface area (Å²) in [6.45, 7) is 5.71. The second-order valence-electron chi connectivity index (χ2n) is 4.91. The van der Waals surface area contributed by atoms with Gasteiger partial charge in [-0.3, -0.25) is 4.79 Å². The van der Waals surface area contributed by atoms with E-state index in [9.17, 15) is 4.79 Å². The van der Waals surface area contributed by atoms with Crippen molar-refractivity contribution in [2.24, 2.45) is 5.84 Å². The molecule has 0 aliphatic carbocycles. The van der Waals surface area contributed by atoms with Crippen molar-refractivity contribution in [2.45, 2.75) is 19.4 Å². The third kappa shape index (κ3) is 2.77. The van der Waals surface area contributed by atoms with Crippen LogP contribution < -0.4 is 11.3 Å². The van der Waals surface area contributed by atoms with Gasteiger partial charge < -0.3 is 15.1 Å². The molecule has 0 radical (unpaired) electrons. The molecule has 1 aromatic rings. The first-order valence-corrected chi connectivity index (χ1v) is 5.88. The highest BCUT2D eigenvalue weighted by Crippen LogP contribution is 2.19. The highest BCUT2D eigenvalue weighted by atomic mass is 16.5. The van der Waals surface area contributed by atoms with Crippen molar-refractivity contribution in [1.29, 1.82) is 0 Å². The van der Waals surface area contributed by atoms with E-state index in [-0.39, 0.29) is 11.5 Å². The molecule has 0 spiro atoms. The van der Waals surface area contributed by atoms with Crippen LogP contribution in [0.15, 0.2) is 18.3 Å². The van der Waals surface area contributed by atoms with Crippen molar-refractivity contribution in [3.63, 3.8) is 0 Å². The number of nitrogen functional groups attached to an aromatic ring is 1. The standard InChI is InChI=1S/C12H18N4O2/c1-12(2)8-16(5-6-18-12)11(17)9-3-4-14-10(7-9)15-13/h3-4,7H,5-6,8,13H2,1-2H3,(H,14,15). The summed E-state index contributed by atoms with van der Waals surface area (Å²) in [6, 6.07) is 3.33. The lowest BCUT2D eigenvalue weighted by Crippen LogP contribution is -2.50. The monoisotopic (exact) mass is 250 g/mol. The van der Waals surface area contributed by atoms with Crippen molar-refractivity contribution in [2.75, 3.05) is 25.1 Å². The van der Waals surface area contributed by atoms with Crippen LogP contribution >= 0.6 is 0 Å². The van der Waals surface area contributed by atoms with Crippen LogP contribution in [0.3, 0.4) is 0 Å². The van der Waals surface area contributed by atoms with E-state index in [2.05, 4.69) is 10.4 Å². The van der Waals surface area contributed by atoms with Crippen LogP contribution in [0, 0.1) is 0 Å². The minimum Gasteiger partial charge on any atom is -0.372 e. The van der Waals surface area contributed by atoms with Gasteiger partial charge in [0, 0.05) is 24.8 Å². The molecule has 3 N–H and O–H groups in total. The zero-order chi connectivity index (χ0) is 13.2. The molecule has 0 saturated carbocycles. The molecule has 1 aliphatic rings. The predicted molar refractivity (Wildman–Crippen MR) is 68.0 cm³/mol. The second-order valence-corrected chi connectivity index (χ2v) is 4.91. The molecule has 0 bridgehead atoms. The molecule has 0 atom stereocenters. The summed E-state index contributed by atoms with van der Waals surface area (Å²) in [5, 5.41) is 0. The number of aromatic nitrogens is 1. The molecular weight excluding hydrogens is 232 g/mol. The molecule has 0 unspecified atom stereocenters. The number of nitrogens with two attached hydrogens (primary N) is 1. The molecule has 18 heavy (non-hydrogen) atoms. The Morgan fingerprint density at radius 2 is 2.39 bits per heavy atom. The lowest BCUT2D eigenvalue weighted by Gasteiger charge is -2.38. The summed E-state index contributed by atoms with van der Waals surface area (Å²) in [5.74, 6) is 5.74. The predicted octanol–water partition coefficient (Wildman–Crippen LogP) is 0.618. The van der Waals surface area contributed by atoms with Gasteiger partial charge in [0.05, 0.1) is 12.2 Å². The Morgan fingerprint density at radius 3 is 3.06 bits per heavy atom. The first-order chi connectivity index (χ1) is 8.52. The van der Waals surface area contributed by atoms with Gasteiger partial charge in [0.2, 0.25) is 0 Å². The Morgan fingerprint density at radius 1 is 1.61 bits per heavy atom. The fourth-order valence-electron chi connectivity index (χ4n) is 2.01. The van der Waals surface area contributed by atoms with E-state index in [0.29, 0.717) is 31.1 Å². The van der Waals surface area contributed by atoms with Crippen molar-refractivity contribution in [1.82, 2.24) is 9.88 Å². The molecule has 1 aromatic heterocycles. The van der Waals surface area contributed by atoms with Crippen molar-refractivity contribution in [3.8, 4) is 0 Å². The van der Waals surface area contributed by atoms with Crippen molar-refractivity contribution >= 4 is 11.7 Å². The zero-order valence-corrected chi connectivity index (χ0v) is 10.6. The van der Waals surface area contributed by atoms with Crippen molar-refractivity contribution in [3.05, 3.63) is 23.9 Å². The average Bonchev–Trinajstić information content (AvgIpc) is 2.37. The van der Waals surface area contributed by atoms with E-state index < -0.39 is 0 Å². The number of nitrogens with one attached hydrogen (secondary N) is 1. The van der Waals surface area contributed by atoms with Gasteiger partial charge in [-0.05, 0) is 26.0 Å². The Hall–Kier alpha value is -1.66. The highest BCUT2D eigenvalue weighted by molar-refractivity contribution is 5.94. The number of morpholine rings is 1. The molecule has 2 heterocycles. The normalized spacial score (nSPS) is 18.5. The van der Waals surface area contributed by atoms with Gasteiger partial charge in [0.1, 0.15) is 5.82 Å². The van der Waals surface area contributed by atoms with Gasteiger partial charge in [-0.15, -0.1) is 0 Å². The summed E-state index contributed by atoms with van der Waals surface area (Å²) in [4.78, 5) is 18.1. The summed E-state index contributed by atoms with van der Waals surface area (Å²) < 4.78 is 5.59. The molecule has 0 aromatic carbocycles. The minimum atomic E-state index is -0.296. The number of hydrogen-bond acceptors (Lipinski definition) is 5. The van der Waals surface area contributed by atoms with Gasteiger partial charge in [-0.1, -0.05) is 0 Å². The van der Waals surface area contributed by atoms with E-state index >= 15 is 0 Å². The number of carbonyl (C=O) groups is 1. The van der Waals surface area contributed by atoms with E-state index in [1.54, 1.807) is 23.2 Å². The zero-order valence-electron chi connectivity index (χ0n) is 10.6. The number of hydrogen-bond donors (Lipinski definition) is 2. The maximum atomic E-state index is 12.3. The van der Waals surface area contributed by atoms with Crippen LogP contribution in [-0.2, 0) is 4.74 Å². The Labute approximate surface area is 106 Å². The van der Waals surface area contributed by atoms with E-state index in [0.717, 1.165) is 0 Å². The quantitative estimate of drug-likeness (QED) is 0.594. The Balaban J connectivity index is 2.15. The molecule has 1 amide bonds. The van der Waals surface area contributed by atoms with Crippen LogP contribution in [0.25, 0.3) is 0 Å². The molecule has 6 nitrogen and oxygen atoms in total. The number of pyridine rings is 1. The molecular formula is C12H18N4O2. The summed E-state index contributed by atoms with van der Waals surface area (Å²) in [6.07, 6.45) is 1.56. The number of carbonyl (C=O) groups excluding carboxylic acids is 1. The lowest BCUT2D eigenvalue weighted by molar-refractivity contribution is -0.0764. The van der Waals surface area contributed by atoms with E-state index in [1.165, 1.54) is 0 Å². The number of amides is 1. The minimum absolute atomic E-state index is 0.0229. The number of ether oxygens (including phenoxy) is 1. The molecule has 1 saturated heterocycles. The third-order valence-electron chi connectivity index (χ3n) is 2.87. The third-order valence-corrected chi connectivity index (χ3v) is 2.87. The van der Waals surface area contributed by atoms with E-state index in [1.807, 2.05) is 13.8 Å². The molecule has 1 fully saturated rings. The molecule has 1 aliphatic heterocycles. The van der Waals surface area contributed by atoms with E-state index in [4.69, 9.17) is 10.6 Å². The fraction of sp³-hybridized carbons (Fsp3) is 0.500. The Kier molecular flexibility index (Phi) is 3.49.